The standard InChI is InChI=1S/C27H30N2O4S.C26H30N2O2S.C18H26N2O2.C9H5BrO2S.CH4/c30-19-33-27-18-24-25(4-3-5-26(24)34-27)29-13-11-28(12-14-29)10-1-2-15-32-23-9-7-20-6-8-22(31)16-21(20)17-23;29-22-8-6-20-7-9-23(19-21(20)18-22)30-16-2-1-11-27-12-14-28(15-13-27)25-4-3-5-26-24(25)10-17-31-26;21-17-5-3-15-4-6-18(14-16(15)13-17)22-12-2-1-9-20-10-7-19-8-11-20;10-6-2-1-3-7-5(6)4-8(13-7)9(11)12;/h3-5,7,9,17-19H,1-2,6,8,10-16H2;3-5,7,9-10,17,19H,1-2,6,8,11-16,18H2;4,6,14,19H,1-3,5,7-13H2;1-4H,(H,11,12);1H4. The van der Waals surface area contributed by atoms with Crippen LogP contribution in [0.5, 0.6) is 22.3 Å². The third-order valence-corrected chi connectivity index (χ3v) is 23.3. The molecule has 0 atom stereocenters. The van der Waals surface area contributed by atoms with Crippen molar-refractivity contribution in [3.8, 4) is 22.3 Å². The third-order valence-electron chi connectivity index (χ3n) is 19.6. The van der Waals surface area contributed by atoms with Gasteiger partial charge >= 0.3 is 5.97 Å². The molecule has 2 N–H and O–H groups in total. The summed E-state index contributed by atoms with van der Waals surface area (Å²) in [5, 5.41) is 18.5. The second kappa shape index (κ2) is 37.6. The van der Waals surface area contributed by atoms with E-state index in [1.165, 1.54) is 86.9 Å². The molecule has 3 aromatic heterocycles. The van der Waals surface area contributed by atoms with Gasteiger partial charge in [-0.15, -0.1) is 22.7 Å². The maximum absolute atomic E-state index is 11.7. The van der Waals surface area contributed by atoms with Crippen LogP contribution in [-0.4, -0.2) is 168 Å². The monoisotopic (exact) mass is 1490 g/mol. The Bertz CT molecular complexity index is 4240. The number of Topliss-reactive ketones (excluding diaryl/α,β-unsaturated/α-hetero) is 3. The Balaban J connectivity index is 0.000000142. The number of carboxylic acid groups (broad SMARTS) is 1. The van der Waals surface area contributed by atoms with Gasteiger partial charge in [0.25, 0.3) is 6.47 Å². The van der Waals surface area contributed by atoms with Crippen LogP contribution in [-0.2, 0) is 57.7 Å². The Kier molecular flexibility index (Phi) is 27.8. The fourth-order valence-corrected chi connectivity index (χ4v) is 17.3. The van der Waals surface area contributed by atoms with Crippen LogP contribution in [0.1, 0.15) is 108 Å². The van der Waals surface area contributed by atoms with Crippen LogP contribution < -0.4 is 34.1 Å². The van der Waals surface area contributed by atoms with Gasteiger partial charge in [0.05, 0.1) is 19.8 Å². The van der Waals surface area contributed by atoms with Crippen molar-refractivity contribution in [3.63, 3.8) is 0 Å². The predicted molar refractivity (Wildman–Crippen MR) is 415 cm³/mol. The van der Waals surface area contributed by atoms with Gasteiger partial charge in [-0.3, -0.25) is 29.0 Å². The summed E-state index contributed by atoms with van der Waals surface area (Å²) in [6, 6.07) is 43.3. The topological polar surface area (TPSA) is 171 Å². The average molecular weight is 1490 g/mol. The highest BCUT2D eigenvalue weighted by atomic mass is 79.9. The predicted octanol–water partition coefficient (Wildman–Crippen LogP) is 15.2. The highest BCUT2D eigenvalue weighted by Gasteiger charge is 2.24. The number of carbonyl (C=O) groups is 5. The molecule has 20 heteroatoms. The number of halogens is 1. The molecule has 0 radical (unpaired) electrons. The van der Waals surface area contributed by atoms with E-state index in [1.54, 1.807) is 6.07 Å². The number of benzene rings is 6. The molecule has 3 fully saturated rings. The molecular weight excluding hydrogens is 1390 g/mol. The first-order valence-corrected chi connectivity index (χ1v) is 38.9. The molecule has 0 saturated carbocycles. The molecule has 15 rings (SSSR count). The first-order chi connectivity index (χ1) is 48.9. The number of unbranched alkanes of at least 4 members (excludes halogenated alkanes) is 3. The van der Waals surface area contributed by atoms with Crippen molar-refractivity contribution in [1.29, 1.82) is 0 Å². The zero-order valence-corrected chi connectivity index (χ0v) is 61.1. The van der Waals surface area contributed by atoms with Crippen LogP contribution in [0.2, 0.25) is 0 Å². The van der Waals surface area contributed by atoms with Crippen LogP contribution in [0.4, 0.5) is 11.4 Å². The summed E-state index contributed by atoms with van der Waals surface area (Å²) >= 11 is 7.99. The third kappa shape index (κ3) is 21.1. The molecule has 16 nitrogen and oxygen atoms in total. The largest absolute Gasteiger partial charge is 0.494 e. The highest BCUT2D eigenvalue weighted by Crippen LogP contribution is 2.39. The van der Waals surface area contributed by atoms with E-state index in [1.807, 2.05) is 53.8 Å². The van der Waals surface area contributed by atoms with Gasteiger partial charge < -0.3 is 44.1 Å². The van der Waals surface area contributed by atoms with Crippen molar-refractivity contribution < 1.29 is 48.0 Å². The van der Waals surface area contributed by atoms with Gasteiger partial charge in [-0.25, -0.2) is 4.79 Å². The van der Waals surface area contributed by atoms with Gasteiger partial charge in [-0.05, 0) is 201 Å². The summed E-state index contributed by atoms with van der Waals surface area (Å²) in [5.74, 6) is 2.85. The molecule has 9 aromatic rings. The minimum atomic E-state index is -0.867. The number of rotatable bonds is 23. The highest BCUT2D eigenvalue weighted by molar-refractivity contribution is 9.10. The number of nitrogens with one attached hydrogen (secondary N) is 1. The van der Waals surface area contributed by atoms with Crippen LogP contribution >= 0.6 is 49.9 Å². The smallest absolute Gasteiger partial charge is 0.345 e. The summed E-state index contributed by atoms with van der Waals surface area (Å²) < 4.78 is 27.3. The van der Waals surface area contributed by atoms with Crippen LogP contribution in [0.25, 0.3) is 30.3 Å². The number of hydrogen-bond acceptors (Lipinski definition) is 18. The van der Waals surface area contributed by atoms with Crippen molar-refractivity contribution in [2.45, 2.75) is 104 Å². The van der Waals surface area contributed by atoms with Crippen molar-refractivity contribution >= 4 is 121 Å². The lowest BCUT2D eigenvalue weighted by molar-refractivity contribution is -0.121. The number of ketones is 3. The zero-order chi connectivity index (χ0) is 69.0. The van der Waals surface area contributed by atoms with Crippen molar-refractivity contribution in [2.75, 3.05) is 128 Å². The Morgan fingerprint density at radius 2 is 0.921 bits per heavy atom. The molecule has 3 aliphatic carbocycles. The van der Waals surface area contributed by atoms with E-state index < -0.39 is 5.97 Å². The van der Waals surface area contributed by atoms with Crippen molar-refractivity contribution in [1.82, 2.24) is 20.0 Å². The number of aromatic carboxylic acids is 1. The van der Waals surface area contributed by atoms with Gasteiger partial charge in [-0.1, -0.05) is 71.1 Å². The summed E-state index contributed by atoms with van der Waals surface area (Å²) in [4.78, 5) is 69.3. The number of aryl methyl sites for hydroxylation is 3. The number of carbonyl (C=O) groups excluding carboxylic acids is 4. The zero-order valence-electron chi connectivity index (χ0n) is 57.1. The fraction of sp³-hybridized carbons (Fsp3) is 0.420. The quantitative estimate of drug-likeness (QED) is 0.0457. The molecule has 6 heterocycles. The lowest BCUT2D eigenvalue weighted by Gasteiger charge is -2.36. The van der Waals surface area contributed by atoms with Gasteiger partial charge in [0.1, 0.15) is 39.5 Å². The number of fused-ring (bicyclic) bond motifs is 6. The molecule has 6 aliphatic rings. The van der Waals surface area contributed by atoms with Gasteiger partial charge in [0.2, 0.25) is 0 Å². The van der Waals surface area contributed by atoms with Gasteiger partial charge in [-0.2, -0.15) is 0 Å². The first-order valence-electron chi connectivity index (χ1n) is 35.6. The summed E-state index contributed by atoms with van der Waals surface area (Å²) in [6.45, 7) is 19.2. The van der Waals surface area contributed by atoms with E-state index in [4.69, 9.17) is 24.1 Å². The normalized spacial score (nSPS) is 16.3. The molecule has 3 saturated heterocycles. The number of anilines is 2. The number of nitrogens with zero attached hydrogens (tertiary/aromatic N) is 5. The molecule has 0 spiro atoms. The molecule has 3 aliphatic heterocycles. The summed E-state index contributed by atoms with van der Waals surface area (Å²) in [5.41, 5.74) is 9.97. The molecule has 101 heavy (non-hydrogen) atoms. The summed E-state index contributed by atoms with van der Waals surface area (Å²) in [7, 11) is 0. The van der Waals surface area contributed by atoms with E-state index in [2.05, 4.69) is 130 Å². The van der Waals surface area contributed by atoms with Crippen LogP contribution in [0.15, 0.2) is 137 Å². The average Bonchev–Trinajstić information content (AvgIpc) is 1.73. The van der Waals surface area contributed by atoms with Gasteiger partial charge in [0.15, 0.2) is 5.06 Å². The van der Waals surface area contributed by atoms with E-state index in [0.29, 0.717) is 78.9 Å². The minimum absolute atomic E-state index is 0. The van der Waals surface area contributed by atoms with Crippen LogP contribution in [0, 0.1) is 0 Å². The van der Waals surface area contributed by atoms with Crippen molar-refractivity contribution in [3.05, 3.63) is 176 Å². The lowest BCUT2D eigenvalue weighted by atomic mass is 9.91. The molecule has 0 bridgehead atoms. The number of hydrogen-bond donors (Lipinski definition) is 2. The first kappa shape index (κ1) is 74.7. The Labute approximate surface area is 614 Å². The minimum Gasteiger partial charge on any atom is -0.494 e. The Morgan fingerprint density at radius 3 is 1.39 bits per heavy atom. The van der Waals surface area contributed by atoms with Crippen LogP contribution in [0.3, 0.4) is 0 Å². The molecular formula is C81H95BrN6O10S3. The second-order valence-electron chi connectivity index (χ2n) is 26.5. The van der Waals surface area contributed by atoms with E-state index in [-0.39, 0.29) is 7.43 Å². The van der Waals surface area contributed by atoms with E-state index in [9.17, 15) is 24.0 Å². The number of carboxylic acids is 1. The molecule has 6 aromatic carbocycles. The number of thiophene rings is 3. The van der Waals surface area contributed by atoms with Crippen molar-refractivity contribution in [2.24, 2.45) is 0 Å². The molecule has 534 valence electrons. The summed E-state index contributed by atoms with van der Waals surface area (Å²) in [6.07, 6.45) is 13.0. The second-order valence-corrected chi connectivity index (χ2v) is 30.4. The number of piperazine rings is 3. The fourth-order valence-electron chi connectivity index (χ4n) is 14.1. The van der Waals surface area contributed by atoms with E-state index >= 15 is 0 Å². The molecule has 0 unspecified atom stereocenters. The van der Waals surface area contributed by atoms with Gasteiger partial charge in [0, 0.05) is 169 Å². The Morgan fingerprint density at radius 1 is 0.475 bits per heavy atom. The Hall–Kier alpha value is -7.53. The maximum Gasteiger partial charge on any atom is 0.345 e. The lowest BCUT2D eigenvalue weighted by Crippen LogP contribution is -2.46. The molecule has 0 amide bonds. The van der Waals surface area contributed by atoms with E-state index in [0.717, 1.165) is 202 Å². The number of ether oxygens (including phenoxy) is 4. The SMILES string of the molecule is C.O=C(O)c1cc2c(Br)cccc2s1.O=C1CCc2ccc(OCCCCN3CCN(c4cccc5sccc45)CC3)cc2C1.O=C1CCc2ccc(OCCCCN3CCNCC3)cc2C1.O=COc1cc2c(N3CCN(CCCCOc4ccc5c(c4)CC(=O)CC5)CC3)cccc2s1. The maximum atomic E-state index is 11.7.